The lowest BCUT2D eigenvalue weighted by Gasteiger charge is -2.18. The van der Waals surface area contributed by atoms with Crippen LogP contribution < -0.4 is 5.32 Å². The Morgan fingerprint density at radius 1 is 1.50 bits per heavy atom. The van der Waals surface area contributed by atoms with E-state index in [1.54, 1.807) is 11.3 Å². The second-order valence-corrected chi connectivity index (χ2v) is 4.62. The van der Waals surface area contributed by atoms with E-state index in [2.05, 4.69) is 41.1 Å². The molecule has 0 bridgehead atoms. The van der Waals surface area contributed by atoms with Crippen LogP contribution in [0.5, 0.6) is 0 Å². The highest BCUT2D eigenvalue weighted by Crippen LogP contribution is 2.26. The summed E-state index contributed by atoms with van der Waals surface area (Å²) in [6, 6.07) is 2.33. The van der Waals surface area contributed by atoms with Crippen molar-refractivity contribution in [1.82, 2.24) is 15.1 Å². The standard InChI is InChI=1S/C12H17N3S/c1-4-13-12(10-8-16-7-9(10)2)11-5-6-14-15(11)3/h5-8,12-13H,4H2,1-3H3. The molecule has 0 saturated heterocycles. The van der Waals surface area contributed by atoms with Crippen molar-refractivity contribution < 1.29 is 0 Å². The van der Waals surface area contributed by atoms with E-state index in [1.165, 1.54) is 16.8 Å². The SMILES string of the molecule is CCNC(c1cscc1C)c1ccnn1C. The minimum absolute atomic E-state index is 0.253. The molecule has 3 nitrogen and oxygen atoms in total. The van der Waals surface area contributed by atoms with E-state index in [-0.39, 0.29) is 6.04 Å². The topological polar surface area (TPSA) is 29.9 Å². The van der Waals surface area contributed by atoms with Crippen molar-refractivity contribution >= 4 is 11.3 Å². The zero-order chi connectivity index (χ0) is 11.5. The van der Waals surface area contributed by atoms with Crippen LogP contribution in [0.1, 0.15) is 29.8 Å². The first-order valence-corrected chi connectivity index (χ1v) is 6.42. The van der Waals surface area contributed by atoms with E-state index < -0.39 is 0 Å². The maximum absolute atomic E-state index is 4.24. The van der Waals surface area contributed by atoms with Gasteiger partial charge in [0.15, 0.2) is 0 Å². The monoisotopic (exact) mass is 235 g/mol. The van der Waals surface area contributed by atoms with Crippen LogP contribution in [-0.2, 0) is 7.05 Å². The summed E-state index contributed by atoms with van der Waals surface area (Å²) in [4.78, 5) is 0. The lowest BCUT2D eigenvalue weighted by Crippen LogP contribution is -2.24. The van der Waals surface area contributed by atoms with Crippen molar-refractivity contribution in [2.24, 2.45) is 7.05 Å². The van der Waals surface area contributed by atoms with E-state index in [0.717, 1.165) is 6.54 Å². The number of aryl methyl sites for hydroxylation is 2. The van der Waals surface area contributed by atoms with Crippen molar-refractivity contribution in [2.45, 2.75) is 19.9 Å². The molecule has 1 N–H and O–H groups in total. The number of aromatic nitrogens is 2. The Labute approximate surface area is 100 Å². The van der Waals surface area contributed by atoms with Crippen molar-refractivity contribution in [3.05, 3.63) is 39.8 Å². The molecule has 2 aromatic heterocycles. The summed E-state index contributed by atoms with van der Waals surface area (Å²) in [5.41, 5.74) is 3.91. The van der Waals surface area contributed by atoms with Crippen LogP contribution in [0.2, 0.25) is 0 Å². The second-order valence-electron chi connectivity index (χ2n) is 3.88. The van der Waals surface area contributed by atoms with Gasteiger partial charge in [-0.1, -0.05) is 6.92 Å². The molecular formula is C12H17N3S. The normalized spacial score (nSPS) is 12.9. The second kappa shape index (κ2) is 4.80. The molecule has 0 radical (unpaired) electrons. The van der Waals surface area contributed by atoms with Gasteiger partial charge in [-0.15, -0.1) is 0 Å². The molecule has 2 heterocycles. The highest BCUT2D eigenvalue weighted by Gasteiger charge is 2.18. The molecule has 0 aliphatic heterocycles. The van der Waals surface area contributed by atoms with Gasteiger partial charge in [-0.05, 0) is 41.4 Å². The molecule has 0 saturated carbocycles. The Kier molecular flexibility index (Phi) is 3.41. The van der Waals surface area contributed by atoms with Crippen LogP contribution in [0.3, 0.4) is 0 Å². The number of nitrogens with one attached hydrogen (secondary N) is 1. The van der Waals surface area contributed by atoms with Crippen molar-refractivity contribution in [2.75, 3.05) is 6.54 Å². The van der Waals surface area contributed by atoms with Gasteiger partial charge in [0.05, 0.1) is 11.7 Å². The number of hydrogen-bond acceptors (Lipinski definition) is 3. The van der Waals surface area contributed by atoms with E-state index in [0.29, 0.717) is 0 Å². The van der Waals surface area contributed by atoms with Crippen LogP contribution in [0.15, 0.2) is 23.0 Å². The molecule has 0 spiro atoms. The number of rotatable bonds is 4. The Morgan fingerprint density at radius 3 is 2.81 bits per heavy atom. The zero-order valence-corrected chi connectivity index (χ0v) is 10.7. The maximum Gasteiger partial charge on any atom is 0.0758 e. The Hall–Kier alpha value is -1.13. The highest BCUT2D eigenvalue weighted by molar-refractivity contribution is 7.08. The first kappa shape index (κ1) is 11.4. The fourth-order valence-electron chi connectivity index (χ4n) is 1.91. The minimum atomic E-state index is 0.253. The lowest BCUT2D eigenvalue weighted by molar-refractivity contribution is 0.572. The molecular weight excluding hydrogens is 218 g/mol. The van der Waals surface area contributed by atoms with Crippen LogP contribution in [0.4, 0.5) is 0 Å². The van der Waals surface area contributed by atoms with Gasteiger partial charge < -0.3 is 5.32 Å². The Morgan fingerprint density at radius 2 is 2.31 bits per heavy atom. The molecule has 4 heteroatoms. The molecule has 0 amide bonds. The van der Waals surface area contributed by atoms with Gasteiger partial charge >= 0.3 is 0 Å². The highest BCUT2D eigenvalue weighted by atomic mass is 32.1. The summed E-state index contributed by atoms with van der Waals surface area (Å²) in [5.74, 6) is 0. The smallest absolute Gasteiger partial charge is 0.0758 e. The fourth-order valence-corrected chi connectivity index (χ4v) is 2.79. The van der Waals surface area contributed by atoms with Gasteiger partial charge in [-0.25, -0.2) is 0 Å². The minimum Gasteiger partial charge on any atom is -0.305 e. The van der Waals surface area contributed by atoms with E-state index in [9.17, 15) is 0 Å². The largest absolute Gasteiger partial charge is 0.305 e. The first-order valence-electron chi connectivity index (χ1n) is 5.48. The zero-order valence-electron chi connectivity index (χ0n) is 9.90. The van der Waals surface area contributed by atoms with Gasteiger partial charge in [0.1, 0.15) is 0 Å². The third kappa shape index (κ3) is 2.03. The van der Waals surface area contributed by atoms with Crippen LogP contribution in [0, 0.1) is 6.92 Å². The summed E-state index contributed by atoms with van der Waals surface area (Å²) in [5, 5.41) is 12.2. The van der Waals surface area contributed by atoms with Gasteiger partial charge in [0.2, 0.25) is 0 Å². The van der Waals surface area contributed by atoms with Crippen LogP contribution in [0.25, 0.3) is 0 Å². The summed E-state index contributed by atoms with van der Waals surface area (Å²) >= 11 is 1.75. The molecule has 0 aromatic carbocycles. The third-order valence-electron chi connectivity index (χ3n) is 2.77. The quantitative estimate of drug-likeness (QED) is 0.882. The van der Waals surface area contributed by atoms with Crippen LogP contribution >= 0.6 is 11.3 Å². The average molecular weight is 235 g/mol. The lowest BCUT2D eigenvalue weighted by atomic mass is 10.0. The molecule has 0 aliphatic carbocycles. The van der Waals surface area contributed by atoms with E-state index >= 15 is 0 Å². The van der Waals surface area contributed by atoms with Crippen molar-refractivity contribution in [1.29, 1.82) is 0 Å². The summed E-state index contributed by atoms with van der Waals surface area (Å²) in [6.45, 7) is 5.24. The molecule has 2 aromatic rings. The summed E-state index contributed by atoms with van der Waals surface area (Å²) < 4.78 is 1.93. The van der Waals surface area contributed by atoms with Gasteiger partial charge in [-0.3, -0.25) is 4.68 Å². The Bertz CT molecular complexity index is 418. The van der Waals surface area contributed by atoms with Gasteiger partial charge in [0.25, 0.3) is 0 Å². The predicted octanol–water partition coefficient (Wildman–Crippen LogP) is 2.49. The molecule has 1 atom stereocenters. The first-order chi connectivity index (χ1) is 7.74. The maximum atomic E-state index is 4.24. The number of nitrogens with zero attached hydrogens (tertiary/aromatic N) is 2. The molecule has 86 valence electrons. The molecule has 16 heavy (non-hydrogen) atoms. The number of thiophene rings is 1. The fraction of sp³-hybridized carbons (Fsp3) is 0.417. The molecule has 1 unspecified atom stereocenters. The van der Waals surface area contributed by atoms with Gasteiger partial charge in [0, 0.05) is 13.2 Å². The van der Waals surface area contributed by atoms with E-state index in [1.807, 2.05) is 17.9 Å². The van der Waals surface area contributed by atoms with Crippen LogP contribution in [-0.4, -0.2) is 16.3 Å². The van der Waals surface area contributed by atoms with Crippen molar-refractivity contribution in [3.8, 4) is 0 Å². The summed E-state index contributed by atoms with van der Waals surface area (Å²) in [6.07, 6.45) is 1.85. The molecule has 0 fully saturated rings. The van der Waals surface area contributed by atoms with Gasteiger partial charge in [-0.2, -0.15) is 16.4 Å². The third-order valence-corrected chi connectivity index (χ3v) is 3.65. The molecule has 0 aliphatic rings. The Balaban J connectivity index is 2.39. The molecule has 2 rings (SSSR count). The summed E-state index contributed by atoms with van der Waals surface area (Å²) in [7, 11) is 1.99. The average Bonchev–Trinajstić information content (AvgIpc) is 2.84. The van der Waals surface area contributed by atoms with E-state index in [4.69, 9.17) is 0 Å². The number of hydrogen-bond donors (Lipinski definition) is 1. The predicted molar refractivity (Wildman–Crippen MR) is 67.8 cm³/mol. The van der Waals surface area contributed by atoms with Crippen molar-refractivity contribution in [3.63, 3.8) is 0 Å².